The third kappa shape index (κ3) is 23.3. The van der Waals surface area contributed by atoms with Crippen molar-refractivity contribution < 1.29 is 47.8 Å². The van der Waals surface area contributed by atoms with Crippen molar-refractivity contribution in [2.75, 3.05) is 0 Å². The van der Waals surface area contributed by atoms with Gasteiger partial charge >= 0.3 is 34.4 Å². The quantitative estimate of drug-likeness (QED) is 0.295. The molecule has 8 N–H and O–H groups in total. The molecular weight excluding hydrogens is 284 g/mol. The highest BCUT2D eigenvalue weighted by Gasteiger charge is 2.06. The summed E-state index contributed by atoms with van der Waals surface area (Å²) in [5.41, 5.74) is 0. The zero-order chi connectivity index (χ0) is 11.7. The molecule has 0 aromatic heterocycles. The maximum absolute atomic E-state index is 7.82. The third-order valence-corrected chi connectivity index (χ3v) is 2.63. The molecule has 0 radical (unpaired) electrons. The van der Waals surface area contributed by atoms with Crippen LogP contribution in [0.3, 0.4) is 0 Å². The Morgan fingerprint density at radius 2 is 0.571 bits per heavy atom. The molecule has 0 saturated heterocycles. The van der Waals surface area contributed by atoms with Crippen LogP contribution in [-0.2, 0) is 8.62 Å². The molecule has 0 saturated carbocycles. The summed E-state index contributed by atoms with van der Waals surface area (Å²) in [7, 11) is -10.4. The fraction of sp³-hybridized carbons (Fsp3) is 0. The highest BCUT2D eigenvalue weighted by molar-refractivity contribution is 7.53. The van der Waals surface area contributed by atoms with Crippen LogP contribution in [0.5, 0.6) is 0 Å². The molecule has 0 unspecified atom stereocenters. The van der Waals surface area contributed by atoms with Crippen LogP contribution in [0.1, 0.15) is 0 Å². The Morgan fingerprint density at radius 3 is 0.571 bits per heavy atom. The van der Waals surface area contributed by atoms with E-state index in [0.717, 1.165) is 0 Å². The first-order valence-corrected chi connectivity index (χ1v) is 6.99. The van der Waals surface area contributed by atoms with Gasteiger partial charge in [0.15, 0.2) is 0 Å². The smallest absolute Gasteiger partial charge is 0.328 e. The van der Waals surface area contributed by atoms with E-state index in [2.05, 4.69) is 8.62 Å². The van der Waals surface area contributed by atoms with E-state index in [1.54, 1.807) is 0 Å². The molecule has 0 fully saturated rings. The molecule has 14 heteroatoms. The van der Waals surface area contributed by atoms with Gasteiger partial charge in [-0.05, 0) is 0 Å². The van der Waals surface area contributed by atoms with Gasteiger partial charge < -0.3 is 39.1 Å². The van der Waals surface area contributed by atoms with E-state index < -0.39 is 34.4 Å². The van der Waals surface area contributed by atoms with Crippen LogP contribution in [0.2, 0.25) is 0 Å². The molecule has 0 rings (SSSR count). The Hall–Kier alpha value is 1.32. The number of rotatable bonds is 4. The summed E-state index contributed by atoms with van der Waals surface area (Å²) >= 11 is 0. The normalized spacial score (nSPS) is 11.1. The van der Waals surface area contributed by atoms with E-state index in [4.69, 9.17) is 39.1 Å². The molecule has 0 aliphatic rings. The van der Waals surface area contributed by atoms with E-state index in [1.165, 1.54) is 0 Å². The lowest BCUT2D eigenvalue weighted by Crippen LogP contribution is -1.73. The Morgan fingerprint density at radius 1 is 0.429 bits per heavy atom. The Balaban J connectivity index is 0. The average molecular weight is 292 g/mol. The lowest BCUT2D eigenvalue weighted by Gasteiger charge is -2.00. The summed E-state index contributed by atoms with van der Waals surface area (Å²) in [5.74, 6) is 0. The van der Waals surface area contributed by atoms with Gasteiger partial charge in [-0.25, -0.2) is 8.62 Å². The molecule has 0 amide bonds. The zero-order valence-electron chi connectivity index (χ0n) is 6.18. The van der Waals surface area contributed by atoms with Crippen LogP contribution in [0.25, 0.3) is 0 Å². The van der Waals surface area contributed by atoms with Crippen LogP contribution in [0, 0.1) is 0 Å². The maximum atomic E-state index is 7.82. The fourth-order valence-corrected chi connectivity index (χ4v) is 1.18. The van der Waals surface area contributed by atoms with E-state index in [-0.39, 0.29) is 0 Å². The van der Waals surface area contributed by atoms with Crippen molar-refractivity contribution in [3.63, 3.8) is 0 Å². The minimum atomic E-state index is -2.61. The van der Waals surface area contributed by atoms with Gasteiger partial charge in [0.1, 0.15) is 0 Å². The van der Waals surface area contributed by atoms with Gasteiger partial charge in [-0.15, -0.1) is 0 Å². The van der Waals surface area contributed by atoms with Gasteiger partial charge in [0.25, 0.3) is 0 Å². The molecule has 0 aromatic rings. The van der Waals surface area contributed by atoms with E-state index >= 15 is 0 Å². The van der Waals surface area contributed by atoms with Crippen molar-refractivity contribution in [1.82, 2.24) is 0 Å². The van der Waals surface area contributed by atoms with Crippen LogP contribution in [0.15, 0.2) is 0 Å². The minimum Gasteiger partial charge on any atom is -0.328 e. The second-order valence-electron chi connectivity index (χ2n) is 1.17. The van der Waals surface area contributed by atoms with Crippen molar-refractivity contribution in [3.8, 4) is 0 Å². The van der Waals surface area contributed by atoms with Crippen molar-refractivity contribution in [2.24, 2.45) is 0 Å². The largest absolute Gasteiger partial charge is 0.334 e. The second-order valence-corrected chi connectivity index (χ2v) is 4.50. The van der Waals surface area contributed by atoms with Crippen molar-refractivity contribution in [3.05, 3.63) is 0 Å². The van der Waals surface area contributed by atoms with Crippen LogP contribution in [0.4, 0.5) is 0 Å². The van der Waals surface area contributed by atoms with Gasteiger partial charge in [-0.2, -0.15) is 0 Å². The summed E-state index contributed by atoms with van der Waals surface area (Å²) in [5, 5.41) is 0. The summed E-state index contributed by atoms with van der Waals surface area (Å²) in [4.78, 5) is 62.5. The molecule has 0 aromatic carbocycles. The van der Waals surface area contributed by atoms with Gasteiger partial charge in [-0.1, -0.05) is 0 Å². The first-order chi connectivity index (χ1) is 6.25. The predicted octanol–water partition coefficient (Wildman–Crippen LogP) is -1.15. The van der Waals surface area contributed by atoms with Gasteiger partial charge in [0, 0.05) is 0 Å². The topological polar surface area (TPSA) is 180 Å². The molecule has 0 aliphatic heterocycles. The van der Waals surface area contributed by atoms with Gasteiger partial charge in [0.2, 0.25) is 0 Å². The Bertz CT molecular complexity index is 84.7. The van der Waals surface area contributed by atoms with E-state index in [0.29, 0.717) is 0 Å². The van der Waals surface area contributed by atoms with Gasteiger partial charge in [-0.3, -0.25) is 0 Å². The number of hydrogen-bond donors (Lipinski definition) is 8. The highest BCUT2D eigenvalue weighted by atomic mass is 31.2. The summed E-state index contributed by atoms with van der Waals surface area (Å²) in [6.07, 6.45) is 0. The zero-order valence-corrected chi connectivity index (χ0v) is 9.76. The summed E-state index contributed by atoms with van der Waals surface area (Å²) in [6, 6.07) is 0. The molecular formula is H8O10P4. The first-order valence-electron chi connectivity index (χ1n) is 2.33. The first kappa shape index (κ1) is 17.7. The van der Waals surface area contributed by atoms with Crippen molar-refractivity contribution in [2.45, 2.75) is 0 Å². The highest BCUT2D eigenvalue weighted by Crippen LogP contribution is 2.42. The Labute approximate surface area is 83.0 Å². The molecule has 14 heavy (non-hydrogen) atoms. The molecule has 88 valence electrons. The lowest BCUT2D eigenvalue weighted by atomic mass is 15.7. The molecule has 0 atom stereocenters. The van der Waals surface area contributed by atoms with Crippen LogP contribution in [-0.4, -0.2) is 39.1 Å². The maximum Gasteiger partial charge on any atom is 0.334 e. The summed E-state index contributed by atoms with van der Waals surface area (Å²) in [6.45, 7) is 0. The fourth-order valence-electron chi connectivity index (χ4n) is 0.131. The SMILES string of the molecule is OP(O)OP(O)O.OP(O)OP(O)O. The Kier molecular flexibility index (Phi) is 13.7. The molecule has 0 heterocycles. The van der Waals surface area contributed by atoms with E-state index in [1.807, 2.05) is 0 Å². The van der Waals surface area contributed by atoms with Gasteiger partial charge in [0.05, 0.1) is 0 Å². The molecule has 0 spiro atoms. The standard InChI is InChI=1S/2H4O5P2/c2*1-6(2)5-7(3)4/h2*1-4H. The molecule has 0 aliphatic carbocycles. The monoisotopic (exact) mass is 292 g/mol. The second kappa shape index (κ2) is 10.8. The third-order valence-electron chi connectivity index (χ3n) is 0.292. The molecule has 0 bridgehead atoms. The number of hydrogen-bond acceptors (Lipinski definition) is 10. The predicted molar refractivity (Wildman–Crippen MR) is 47.6 cm³/mol. The van der Waals surface area contributed by atoms with Crippen molar-refractivity contribution >= 4 is 34.4 Å². The minimum absolute atomic E-state index is 2.61. The summed E-state index contributed by atoms with van der Waals surface area (Å²) < 4.78 is 7.20. The molecule has 10 nitrogen and oxygen atoms in total. The average Bonchev–Trinajstić information content (AvgIpc) is 1.79. The van der Waals surface area contributed by atoms with Crippen LogP contribution >= 0.6 is 34.4 Å². The van der Waals surface area contributed by atoms with E-state index in [9.17, 15) is 0 Å². The van der Waals surface area contributed by atoms with Crippen LogP contribution < -0.4 is 0 Å². The lowest BCUT2D eigenvalue weighted by molar-refractivity contribution is 0.321. The van der Waals surface area contributed by atoms with Crippen molar-refractivity contribution in [1.29, 1.82) is 0 Å².